The van der Waals surface area contributed by atoms with Crippen LogP contribution in [0.1, 0.15) is 52.2 Å². The van der Waals surface area contributed by atoms with Gasteiger partial charge in [0.1, 0.15) is 23.0 Å². The second-order valence-electron chi connectivity index (χ2n) is 8.23. The molecule has 0 spiro atoms. The molecule has 1 aromatic heterocycles. The predicted octanol–water partition coefficient (Wildman–Crippen LogP) is 2.10. The molecular formula is C22H22F3N3O5. The normalized spacial score (nSPS) is 22.0. The Morgan fingerprint density at radius 1 is 1.21 bits per heavy atom. The van der Waals surface area contributed by atoms with E-state index in [-0.39, 0.29) is 24.4 Å². The molecule has 8 nitrogen and oxygen atoms in total. The number of aromatic hydroxyl groups is 1. The molecule has 4 rings (SSSR count). The van der Waals surface area contributed by atoms with Crippen LogP contribution < -0.4 is 10.7 Å². The zero-order chi connectivity index (χ0) is 24.0. The number of pyridine rings is 1. The molecule has 2 aliphatic rings. The molecule has 1 fully saturated rings. The Labute approximate surface area is 186 Å². The van der Waals surface area contributed by atoms with Crippen molar-refractivity contribution in [3.63, 3.8) is 0 Å². The number of fused-ring (bicyclic) bond motifs is 4. The maximum atomic E-state index is 13.9. The van der Waals surface area contributed by atoms with Gasteiger partial charge in [0, 0.05) is 50.1 Å². The average molecular weight is 465 g/mol. The lowest BCUT2D eigenvalue weighted by atomic mass is 10.0. The second-order valence-corrected chi connectivity index (χ2v) is 8.23. The standard InChI is InChI=1S/C22H22F3N3O5/c1-10-3-4-17(33-2)16-9-27(10)22(32)18-20(30)19(29)13(8-28(16)18)21(31)26-7-12-14(24)5-11(23)6-15(12)25/h5-6,8,10,16-17,30H,3-4,7,9H2,1-2H3,(H,26,31)/t10-,16+,17-/m0/s1. The summed E-state index contributed by atoms with van der Waals surface area (Å²) in [6, 6.07) is 0.350. The Morgan fingerprint density at radius 3 is 2.52 bits per heavy atom. The molecular weight excluding hydrogens is 443 g/mol. The highest BCUT2D eigenvalue weighted by atomic mass is 19.1. The van der Waals surface area contributed by atoms with Gasteiger partial charge >= 0.3 is 0 Å². The predicted molar refractivity (Wildman–Crippen MR) is 109 cm³/mol. The van der Waals surface area contributed by atoms with E-state index in [9.17, 15) is 32.7 Å². The van der Waals surface area contributed by atoms with E-state index in [4.69, 9.17) is 4.74 Å². The summed E-state index contributed by atoms with van der Waals surface area (Å²) in [5.74, 6) is -5.93. The van der Waals surface area contributed by atoms with Gasteiger partial charge in [0.2, 0.25) is 5.43 Å². The highest BCUT2D eigenvalue weighted by Gasteiger charge is 2.42. The number of nitrogens with zero attached hydrogens (tertiary/aromatic N) is 2. The molecule has 33 heavy (non-hydrogen) atoms. The van der Waals surface area contributed by atoms with Crippen LogP contribution in [0, 0.1) is 17.5 Å². The number of nitrogens with one attached hydrogen (secondary N) is 1. The van der Waals surface area contributed by atoms with Crippen molar-refractivity contribution >= 4 is 11.8 Å². The number of rotatable bonds is 4. The van der Waals surface area contributed by atoms with Crippen molar-refractivity contribution in [3.8, 4) is 5.75 Å². The summed E-state index contributed by atoms with van der Waals surface area (Å²) in [7, 11) is 1.52. The third-order valence-corrected chi connectivity index (χ3v) is 6.32. The van der Waals surface area contributed by atoms with Gasteiger partial charge in [-0.1, -0.05) is 0 Å². The number of aromatic nitrogens is 1. The molecule has 2 amide bonds. The minimum absolute atomic E-state index is 0.133. The van der Waals surface area contributed by atoms with Gasteiger partial charge in [-0.3, -0.25) is 14.4 Å². The molecule has 0 radical (unpaired) electrons. The van der Waals surface area contributed by atoms with E-state index in [1.165, 1.54) is 11.7 Å². The SMILES string of the molecule is CO[C@H]1CC[C@H](C)N2C[C@H]1n1cc(C(=O)NCc3c(F)cc(F)cc3F)c(=O)c(O)c1C2=O. The first kappa shape index (κ1) is 22.8. The van der Waals surface area contributed by atoms with E-state index in [1.54, 1.807) is 4.90 Å². The van der Waals surface area contributed by atoms with Gasteiger partial charge in [-0.15, -0.1) is 0 Å². The summed E-state index contributed by atoms with van der Waals surface area (Å²) >= 11 is 0. The minimum atomic E-state index is -1.20. The molecule has 1 aromatic carbocycles. The lowest BCUT2D eigenvalue weighted by Gasteiger charge is -2.38. The number of amides is 2. The van der Waals surface area contributed by atoms with Crippen molar-refractivity contribution < 1.29 is 32.6 Å². The van der Waals surface area contributed by atoms with Gasteiger partial charge in [-0.25, -0.2) is 13.2 Å². The van der Waals surface area contributed by atoms with E-state index in [0.717, 1.165) is 6.20 Å². The average Bonchev–Trinajstić information content (AvgIpc) is 2.90. The molecule has 2 N–H and O–H groups in total. The summed E-state index contributed by atoms with van der Waals surface area (Å²) in [6.45, 7) is 1.47. The topological polar surface area (TPSA) is 101 Å². The second kappa shape index (κ2) is 8.54. The lowest BCUT2D eigenvalue weighted by molar-refractivity contribution is 0.0330. The van der Waals surface area contributed by atoms with Crippen molar-refractivity contribution in [2.75, 3.05) is 13.7 Å². The highest BCUT2D eigenvalue weighted by Crippen LogP contribution is 2.35. The Bertz CT molecular complexity index is 1180. The maximum absolute atomic E-state index is 13.9. The Morgan fingerprint density at radius 2 is 1.88 bits per heavy atom. The molecule has 2 aromatic rings. The van der Waals surface area contributed by atoms with Crippen molar-refractivity contribution in [3.05, 3.63) is 62.8 Å². The van der Waals surface area contributed by atoms with Crippen LogP contribution >= 0.6 is 0 Å². The van der Waals surface area contributed by atoms with Gasteiger partial charge in [-0.05, 0) is 19.8 Å². The summed E-state index contributed by atoms with van der Waals surface area (Å²) in [6.07, 6.45) is 2.09. The largest absolute Gasteiger partial charge is 0.503 e. The third kappa shape index (κ3) is 3.86. The summed E-state index contributed by atoms with van der Waals surface area (Å²) in [5, 5.41) is 12.8. The van der Waals surface area contributed by atoms with Crippen LogP contribution in [0.5, 0.6) is 5.75 Å². The number of hydrogen-bond acceptors (Lipinski definition) is 5. The van der Waals surface area contributed by atoms with Gasteiger partial charge in [0.05, 0.1) is 12.1 Å². The summed E-state index contributed by atoms with van der Waals surface area (Å²) in [4.78, 5) is 40.0. The fourth-order valence-electron chi connectivity index (χ4n) is 4.47. The first-order valence-electron chi connectivity index (χ1n) is 10.4. The van der Waals surface area contributed by atoms with E-state index in [0.29, 0.717) is 25.0 Å². The quantitative estimate of drug-likeness (QED) is 0.720. The first-order valence-corrected chi connectivity index (χ1v) is 10.4. The van der Waals surface area contributed by atoms with Crippen LogP contribution in [0.4, 0.5) is 13.2 Å². The van der Waals surface area contributed by atoms with Gasteiger partial charge in [0.25, 0.3) is 11.8 Å². The number of hydrogen-bond donors (Lipinski definition) is 2. The van der Waals surface area contributed by atoms with Crippen LogP contribution in [-0.2, 0) is 11.3 Å². The van der Waals surface area contributed by atoms with Gasteiger partial charge in [0.15, 0.2) is 11.4 Å². The van der Waals surface area contributed by atoms with Gasteiger partial charge in [-0.2, -0.15) is 0 Å². The molecule has 0 aliphatic carbocycles. The fourth-order valence-corrected chi connectivity index (χ4v) is 4.47. The van der Waals surface area contributed by atoms with E-state index in [2.05, 4.69) is 5.32 Å². The maximum Gasteiger partial charge on any atom is 0.274 e. The Kier molecular flexibility index (Phi) is 5.91. The van der Waals surface area contributed by atoms with E-state index >= 15 is 0 Å². The van der Waals surface area contributed by atoms with Crippen molar-refractivity contribution in [2.45, 2.75) is 44.5 Å². The van der Waals surface area contributed by atoms with Crippen LogP contribution in [0.15, 0.2) is 23.1 Å². The van der Waals surface area contributed by atoms with Crippen LogP contribution in [0.25, 0.3) is 0 Å². The van der Waals surface area contributed by atoms with Crippen molar-refractivity contribution in [2.24, 2.45) is 0 Å². The molecule has 11 heteroatoms. The van der Waals surface area contributed by atoms with Crippen molar-refractivity contribution in [1.82, 2.24) is 14.8 Å². The number of methoxy groups -OCH3 is 1. The molecule has 2 bridgehead atoms. The summed E-state index contributed by atoms with van der Waals surface area (Å²) < 4.78 is 47.8. The molecule has 1 saturated heterocycles. The summed E-state index contributed by atoms with van der Waals surface area (Å²) in [5.41, 5.74) is -2.42. The fraction of sp³-hybridized carbons (Fsp3) is 0.409. The number of carbonyl (C=O) groups excluding carboxylic acids is 2. The lowest BCUT2D eigenvalue weighted by Crippen LogP contribution is -2.49. The first-order chi connectivity index (χ1) is 15.6. The molecule has 0 saturated carbocycles. The van der Waals surface area contributed by atoms with E-state index < -0.39 is 64.2 Å². The Hall–Kier alpha value is -3.34. The smallest absolute Gasteiger partial charge is 0.274 e. The number of benzene rings is 1. The van der Waals surface area contributed by atoms with E-state index in [1.807, 2.05) is 6.92 Å². The number of halogens is 3. The zero-order valence-corrected chi connectivity index (χ0v) is 17.9. The van der Waals surface area contributed by atoms with Crippen molar-refractivity contribution in [1.29, 1.82) is 0 Å². The molecule has 0 unspecified atom stereocenters. The monoisotopic (exact) mass is 465 g/mol. The highest BCUT2D eigenvalue weighted by molar-refractivity contribution is 5.99. The molecule has 176 valence electrons. The minimum Gasteiger partial charge on any atom is -0.503 e. The zero-order valence-electron chi connectivity index (χ0n) is 17.9. The number of ether oxygens (including phenoxy) is 1. The van der Waals surface area contributed by atoms with Crippen LogP contribution in [-0.4, -0.2) is 52.2 Å². The molecule has 3 atom stereocenters. The number of carbonyl (C=O) groups is 2. The third-order valence-electron chi connectivity index (χ3n) is 6.32. The molecule has 3 heterocycles. The Balaban J connectivity index is 1.71. The molecule has 2 aliphatic heterocycles. The van der Waals surface area contributed by atoms with Crippen LogP contribution in [0.3, 0.4) is 0 Å². The van der Waals surface area contributed by atoms with Crippen LogP contribution in [0.2, 0.25) is 0 Å². The van der Waals surface area contributed by atoms with Gasteiger partial charge < -0.3 is 24.6 Å².